The van der Waals surface area contributed by atoms with Gasteiger partial charge < -0.3 is 9.64 Å². The summed E-state index contributed by atoms with van der Waals surface area (Å²) in [5, 5.41) is 0. The van der Waals surface area contributed by atoms with Crippen molar-refractivity contribution < 1.29 is 13.9 Å². The van der Waals surface area contributed by atoms with Crippen LogP contribution in [0.3, 0.4) is 0 Å². The van der Waals surface area contributed by atoms with Crippen molar-refractivity contribution >= 4 is 5.91 Å². The minimum Gasteiger partial charge on any atom is -0.484 e. The number of benzene rings is 1. The van der Waals surface area contributed by atoms with E-state index < -0.39 is 0 Å². The molecule has 0 saturated carbocycles. The van der Waals surface area contributed by atoms with E-state index in [0.717, 1.165) is 13.1 Å². The molecule has 0 radical (unpaired) electrons. The Labute approximate surface area is 159 Å². The number of rotatable bonds is 8. The summed E-state index contributed by atoms with van der Waals surface area (Å²) < 4.78 is 18.4. The average molecular weight is 371 g/mol. The Bertz CT molecular complexity index is 731. The van der Waals surface area contributed by atoms with Crippen LogP contribution in [0.4, 0.5) is 4.39 Å². The summed E-state index contributed by atoms with van der Waals surface area (Å²) in [4.78, 5) is 20.6. The predicted octanol–water partition coefficient (Wildman–Crippen LogP) is 2.97. The number of ether oxygens (including phenoxy) is 1. The first-order valence-corrected chi connectivity index (χ1v) is 9.30. The summed E-state index contributed by atoms with van der Waals surface area (Å²) in [5.41, 5.74) is 1.23. The lowest BCUT2D eigenvalue weighted by Crippen LogP contribution is -2.62. The van der Waals surface area contributed by atoms with Crippen molar-refractivity contribution in [3.8, 4) is 5.75 Å². The number of likely N-dealkylation sites (tertiary alicyclic amines) is 1. The molecule has 1 aromatic heterocycles. The molecule has 0 aliphatic carbocycles. The largest absolute Gasteiger partial charge is 0.484 e. The zero-order valence-corrected chi connectivity index (χ0v) is 15.8. The highest BCUT2D eigenvalue weighted by Crippen LogP contribution is 2.20. The third kappa shape index (κ3) is 5.50. The second-order valence-corrected chi connectivity index (χ2v) is 7.37. The van der Waals surface area contributed by atoms with Crippen molar-refractivity contribution in [2.24, 2.45) is 5.92 Å². The van der Waals surface area contributed by atoms with Gasteiger partial charge in [-0.25, -0.2) is 4.39 Å². The molecule has 144 valence electrons. The lowest BCUT2D eigenvalue weighted by atomic mass is 10.0. The SMILES string of the molecule is CC(C)CN(Cc1ccncc1)C1CN(C(=O)COc2ccc(F)cc2)C1. The molecule has 2 aromatic rings. The normalized spacial score (nSPS) is 14.5. The van der Waals surface area contributed by atoms with Gasteiger partial charge in [0.25, 0.3) is 5.91 Å². The number of hydrogen-bond acceptors (Lipinski definition) is 4. The summed E-state index contributed by atoms with van der Waals surface area (Å²) >= 11 is 0. The van der Waals surface area contributed by atoms with Gasteiger partial charge >= 0.3 is 0 Å². The van der Waals surface area contributed by atoms with E-state index in [-0.39, 0.29) is 18.3 Å². The van der Waals surface area contributed by atoms with E-state index in [0.29, 0.717) is 30.8 Å². The lowest BCUT2D eigenvalue weighted by Gasteiger charge is -2.46. The summed E-state index contributed by atoms with van der Waals surface area (Å²) in [5.74, 6) is 0.696. The summed E-state index contributed by atoms with van der Waals surface area (Å²) in [6.45, 7) is 7.66. The minimum atomic E-state index is -0.321. The maximum absolute atomic E-state index is 12.9. The third-order valence-electron chi connectivity index (χ3n) is 4.64. The maximum atomic E-state index is 12.9. The second kappa shape index (κ2) is 8.95. The van der Waals surface area contributed by atoms with Crippen LogP contribution in [0.5, 0.6) is 5.75 Å². The van der Waals surface area contributed by atoms with Crippen LogP contribution < -0.4 is 4.74 Å². The fourth-order valence-electron chi connectivity index (χ4n) is 3.19. The lowest BCUT2D eigenvalue weighted by molar-refractivity contribution is -0.141. The molecular formula is C21H26FN3O2. The summed E-state index contributed by atoms with van der Waals surface area (Å²) in [6, 6.07) is 10.1. The fourth-order valence-corrected chi connectivity index (χ4v) is 3.19. The topological polar surface area (TPSA) is 45.7 Å². The number of nitrogens with zero attached hydrogens (tertiary/aromatic N) is 3. The Balaban J connectivity index is 1.49. The molecule has 5 nitrogen and oxygen atoms in total. The highest BCUT2D eigenvalue weighted by Gasteiger charge is 2.35. The number of carbonyl (C=O) groups excluding carboxylic acids is 1. The van der Waals surface area contributed by atoms with Crippen molar-refractivity contribution in [2.75, 3.05) is 26.2 Å². The fraction of sp³-hybridized carbons (Fsp3) is 0.429. The number of pyridine rings is 1. The van der Waals surface area contributed by atoms with Gasteiger partial charge in [0.1, 0.15) is 11.6 Å². The van der Waals surface area contributed by atoms with Gasteiger partial charge in [0.2, 0.25) is 0 Å². The molecular weight excluding hydrogens is 345 g/mol. The van der Waals surface area contributed by atoms with Gasteiger partial charge in [-0.05, 0) is 47.9 Å². The highest BCUT2D eigenvalue weighted by molar-refractivity contribution is 5.78. The number of halogens is 1. The molecule has 0 N–H and O–H groups in total. The molecule has 0 atom stereocenters. The Morgan fingerprint density at radius 1 is 1.22 bits per heavy atom. The van der Waals surface area contributed by atoms with E-state index in [9.17, 15) is 9.18 Å². The quantitative estimate of drug-likeness (QED) is 0.716. The van der Waals surface area contributed by atoms with Crippen molar-refractivity contribution in [2.45, 2.75) is 26.4 Å². The Kier molecular flexibility index (Phi) is 6.40. The van der Waals surface area contributed by atoms with Gasteiger partial charge in [0.05, 0.1) is 0 Å². The van der Waals surface area contributed by atoms with Gasteiger partial charge in [-0.3, -0.25) is 14.7 Å². The van der Waals surface area contributed by atoms with E-state index in [4.69, 9.17) is 4.74 Å². The van der Waals surface area contributed by atoms with Gasteiger partial charge in [0.15, 0.2) is 6.61 Å². The van der Waals surface area contributed by atoms with Crippen LogP contribution in [0.2, 0.25) is 0 Å². The molecule has 1 fully saturated rings. The van der Waals surface area contributed by atoms with Gasteiger partial charge in [-0.15, -0.1) is 0 Å². The first-order chi connectivity index (χ1) is 13.0. The van der Waals surface area contributed by atoms with Crippen molar-refractivity contribution in [1.82, 2.24) is 14.8 Å². The van der Waals surface area contributed by atoms with Gasteiger partial charge in [0, 0.05) is 44.6 Å². The van der Waals surface area contributed by atoms with Gasteiger partial charge in [-0.1, -0.05) is 13.8 Å². The first kappa shape index (κ1) is 19.3. The Morgan fingerprint density at radius 2 is 1.89 bits per heavy atom. The summed E-state index contributed by atoms with van der Waals surface area (Å²) in [7, 11) is 0. The molecule has 0 spiro atoms. The number of hydrogen-bond donors (Lipinski definition) is 0. The monoisotopic (exact) mass is 371 g/mol. The van der Waals surface area contributed by atoms with E-state index >= 15 is 0 Å². The molecule has 1 saturated heterocycles. The minimum absolute atomic E-state index is 0.0209. The zero-order chi connectivity index (χ0) is 19.2. The van der Waals surface area contributed by atoms with Crippen LogP contribution in [0.25, 0.3) is 0 Å². The van der Waals surface area contributed by atoms with Crippen molar-refractivity contribution in [3.63, 3.8) is 0 Å². The molecule has 1 aliphatic rings. The molecule has 0 bridgehead atoms. The summed E-state index contributed by atoms with van der Waals surface area (Å²) in [6.07, 6.45) is 3.62. The number of aromatic nitrogens is 1. The molecule has 27 heavy (non-hydrogen) atoms. The Hall–Kier alpha value is -2.47. The average Bonchev–Trinajstić information content (AvgIpc) is 2.60. The van der Waals surface area contributed by atoms with Crippen molar-refractivity contribution in [1.29, 1.82) is 0 Å². The van der Waals surface area contributed by atoms with Crippen LogP contribution in [0, 0.1) is 11.7 Å². The van der Waals surface area contributed by atoms with E-state index in [1.54, 1.807) is 0 Å². The zero-order valence-electron chi connectivity index (χ0n) is 15.8. The predicted molar refractivity (Wildman–Crippen MR) is 102 cm³/mol. The molecule has 3 rings (SSSR count). The van der Waals surface area contributed by atoms with E-state index in [2.05, 4.69) is 23.7 Å². The molecule has 6 heteroatoms. The highest BCUT2D eigenvalue weighted by atomic mass is 19.1. The second-order valence-electron chi connectivity index (χ2n) is 7.37. The van der Waals surface area contributed by atoms with Crippen LogP contribution in [-0.2, 0) is 11.3 Å². The van der Waals surface area contributed by atoms with E-state index in [1.807, 2.05) is 29.4 Å². The van der Waals surface area contributed by atoms with Crippen LogP contribution in [-0.4, -0.2) is 53.0 Å². The molecule has 1 aliphatic heterocycles. The molecule has 2 heterocycles. The maximum Gasteiger partial charge on any atom is 0.260 e. The van der Waals surface area contributed by atoms with E-state index in [1.165, 1.54) is 29.8 Å². The number of carbonyl (C=O) groups is 1. The van der Waals surface area contributed by atoms with Crippen molar-refractivity contribution in [3.05, 3.63) is 60.2 Å². The molecule has 0 unspecified atom stereocenters. The third-order valence-corrected chi connectivity index (χ3v) is 4.64. The molecule has 1 amide bonds. The smallest absolute Gasteiger partial charge is 0.260 e. The first-order valence-electron chi connectivity index (χ1n) is 9.30. The van der Waals surface area contributed by atoms with Gasteiger partial charge in [-0.2, -0.15) is 0 Å². The Morgan fingerprint density at radius 3 is 2.52 bits per heavy atom. The van der Waals surface area contributed by atoms with Crippen LogP contribution >= 0.6 is 0 Å². The molecule has 1 aromatic carbocycles. The number of amides is 1. The standard InChI is InChI=1S/C21H26FN3O2/c1-16(2)11-24(12-17-7-9-23-10-8-17)19-13-25(14-19)21(26)15-27-20-5-3-18(22)4-6-20/h3-10,16,19H,11-15H2,1-2H3. The van der Waals surface area contributed by atoms with Crippen LogP contribution in [0.15, 0.2) is 48.8 Å². The van der Waals surface area contributed by atoms with Crippen LogP contribution in [0.1, 0.15) is 19.4 Å².